The first-order valence-corrected chi connectivity index (χ1v) is 6.83. The number of halogens is 2. The van der Waals surface area contributed by atoms with Gasteiger partial charge in [-0.2, -0.15) is 0 Å². The molecule has 0 fully saturated rings. The summed E-state index contributed by atoms with van der Waals surface area (Å²) in [7, 11) is 0. The van der Waals surface area contributed by atoms with Crippen molar-refractivity contribution in [3.8, 4) is 5.75 Å². The summed E-state index contributed by atoms with van der Waals surface area (Å²) >= 11 is 11.8. The Labute approximate surface area is 123 Å². The third kappa shape index (κ3) is 4.05. The Morgan fingerprint density at radius 1 is 1.00 bits per heavy atom. The largest absolute Gasteiger partial charge is 0.491 e. The minimum absolute atomic E-state index is 0.441. The Bertz CT molecular complexity index is 543. The summed E-state index contributed by atoms with van der Waals surface area (Å²) in [6.07, 6.45) is 1.89. The Balaban J connectivity index is 1.85. The molecule has 0 amide bonds. The molecule has 19 heavy (non-hydrogen) atoms. The van der Waals surface area contributed by atoms with Crippen LogP contribution in [0, 0.1) is 0 Å². The highest BCUT2D eigenvalue weighted by atomic mass is 35.5. The number of nitrogen functional groups attached to an aromatic ring is 1. The third-order valence-corrected chi connectivity index (χ3v) is 3.49. The maximum Gasteiger partial charge on any atom is 0.143 e. The average Bonchev–Trinajstić information content (AvgIpc) is 2.41. The predicted octanol–water partition coefficient (Wildman–Crippen LogP) is 4.59. The van der Waals surface area contributed by atoms with Gasteiger partial charge in [0.25, 0.3) is 0 Å². The standard InChI is InChI=1S/C15H15Cl2NO/c16-12-9-14(18)15(10-13(12)17)19-8-4-7-11-5-2-1-3-6-11/h1-3,5-6,9-10H,4,7-8,18H2. The molecule has 0 saturated carbocycles. The van der Waals surface area contributed by atoms with Crippen LogP contribution in [0.25, 0.3) is 0 Å². The van der Waals surface area contributed by atoms with Gasteiger partial charge in [0.2, 0.25) is 0 Å². The van der Waals surface area contributed by atoms with Gasteiger partial charge in [-0.05, 0) is 24.5 Å². The first-order chi connectivity index (χ1) is 9.16. The van der Waals surface area contributed by atoms with E-state index in [1.54, 1.807) is 12.1 Å². The quantitative estimate of drug-likeness (QED) is 0.647. The highest BCUT2D eigenvalue weighted by Gasteiger charge is 2.06. The van der Waals surface area contributed by atoms with E-state index in [2.05, 4.69) is 12.1 Å². The van der Waals surface area contributed by atoms with Crippen molar-refractivity contribution >= 4 is 28.9 Å². The van der Waals surface area contributed by atoms with Crippen molar-refractivity contribution in [3.05, 3.63) is 58.1 Å². The molecule has 0 bridgehead atoms. The molecule has 0 saturated heterocycles. The molecule has 2 aromatic rings. The van der Waals surface area contributed by atoms with Crippen LogP contribution in [-0.2, 0) is 6.42 Å². The fourth-order valence-corrected chi connectivity index (χ4v) is 2.10. The van der Waals surface area contributed by atoms with E-state index in [1.807, 2.05) is 18.2 Å². The smallest absolute Gasteiger partial charge is 0.143 e. The molecule has 0 aromatic heterocycles. The average molecular weight is 296 g/mol. The number of nitrogens with two attached hydrogens (primary N) is 1. The fourth-order valence-electron chi connectivity index (χ4n) is 1.77. The predicted molar refractivity (Wildman–Crippen MR) is 81.1 cm³/mol. The Morgan fingerprint density at radius 3 is 2.42 bits per heavy atom. The second-order valence-corrected chi connectivity index (χ2v) is 5.06. The maximum absolute atomic E-state index is 5.93. The summed E-state index contributed by atoms with van der Waals surface area (Å²) in [6.45, 7) is 0.594. The van der Waals surface area contributed by atoms with Crippen molar-refractivity contribution in [1.82, 2.24) is 0 Å². The van der Waals surface area contributed by atoms with E-state index in [9.17, 15) is 0 Å². The molecule has 0 heterocycles. The van der Waals surface area contributed by atoms with Crippen molar-refractivity contribution in [2.75, 3.05) is 12.3 Å². The lowest BCUT2D eigenvalue weighted by molar-refractivity contribution is 0.312. The molecule has 2 N–H and O–H groups in total. The van der Waals surface area contributed by atoms with Gasteiger partial charge >= 0.3 is 0 Å². The molecule has 0 unspecified atom stereocenters. The van der Waals surface area contributed by atoms with Gasteiger partial charge in [-0.25, -0.2) is 0 Å². The van der Waals surface area contributed by atoms with Crippen molar-refractivity contribution in [3.63, 3.8) is 0 Å². The van der Waals surface area contributed by atoms with E-state index < -0.39 is 0 Å². The third-order valence-electron chi connectivity index (χ3n) is 2.76. The van der Waals surface area contributed by atoms with Gasteiger partial charge in [0, 0.05) is 6.07 Å². The SMILES string of the molecule is Nc1cc(Cl)c(Cl)cc1OCCCc1ccccc1. The van der Waals surface area contributed by atoms with Crippen LogP contribution in [0.5, 0.6) is 5.75 Å². The molecule has 100 valence electrons. The highest BCUT2D eigenvalue weighted by Crippen LogP contribution is 2.32. The topological polar surface area (TPSA) is 35.2 Å². The van der Waals surface area contributed by atoms with E-state index in [1.165, 1.54) is 5.56 Å². The van der Waals surface area contributed by atoms with Gasteiger partial charge < -0.3 is 10.5 Å². The number of anilines is 1. The number of hydrogen-bond acceptors (Lipinski definition) is 2. The van der Waals surface area contributed by atoms with Crippen molar-refractivity contribution in [2.45, 2.75) is 12.8 Å². The summed E-state index contributed by atoms with van der Waals surface area (Å²) in [5, 5.41) is 0.893. The van der Waals surface area contributed by atoms with E-state index in [-0.39, 0.29) is 0 Å². The number of benzene rings is 2. The van der Waals surface area contributed by atoms with Crippen molar-refractivity contribution in [2.24, 2.45) is 0 Å². The summed E-state index contributed by atoms with van der Waals surface area (Å²) in [5.74, 6) is 0.586. The van der Waals surface area contributed by atoms with Gasteiger partial charge in [-0.3, -0.25) is 0 Å². The van der Waals surface area contributed by atoms with Gasteiger partial charge in [0.05, 0.1) is 22.3 Å². The zero-order chi connectivity index (χ0) is 13.7. The second-order valence-electron chi connectivity index (χ2n) is 4.24. The summed E-state index contributed by atoms with van der Waals surface area (Å²) in [5.41, 5.74) is 7.62. The van der Waals surface area contributed by atoms with E-state index in [0.29, 0.717) is 28.1 Å². The molecule has 0 aliphatic carbocycles. The lowest BCUT2D eigenvalue weighted by atomic mass is 10.1. The molecular formula is C15H15Cl2NO. The van der Waals surface area contributed by atoms with Gasteiger partial charge in [0.1, 0.15) is 5.75 Å². The number of hydrogen-bond donors (Lipinski definition) is 1. The van der Waals surface area contributed by atoms with Gasteiger partial charge in [-0.15, -0.1) is 0 Å². The van der Waals surface area contributed by atoms with Crippen LogP contribution in [0.1, 0.15) is 12.0 Å². The Kier molecular flexibility index (Phi) is 4.94. The molecule has 2 nitrogen and oxygen atoms in total. The van der Waals surface area contributed by atoms with Crippen LogP contribution in [0.2, 0.25) is 10.0 Å². The molecular weight excluding hydrogens is 281 g/mol. The molecule has 2 aromatic carbocycles. The van der Waals surface area contributed by atoms with Crippen molar-refractivity contribution < 1.29 is 4.74 Å². The van der Waals surface area contributed by atoms with Crippen LogP contribution < -0.4 is 10.5 Å². The van der Waals surface area contributed by atoms with Gasteiger partial charge in [0.15, 0.2) is 0 Å². The second kappa shape index (κ2) is 6.69. The number of rotatable bonds is 5. The lowest BCUT2D eigenvalue weighted by Gasteiger charge is -2.10. The van der Waals surface area contributed by atoms with Crippen LogP contribution in [0.3, 0.4) is 0 Å². The normalized spacial score (nSPS) is 10.4. The van der Waals surface area contributed by atoms with Crippen LogP contribution >= 0.6 is 23.2 Å². The van der Waals surface area contributed by atoms with Crippen LogP contribution in [0.15, 0.2) is 42.5 Å². The summed E-state index contributed by atoms with van der Waals surface area (Å²) < 4.78 is 5.63. The van der Waals surface area contributed by atoms with Crippen molar-refractivity contribution in [1.29, 1.82) is 0 Å². The molecule has 0 spiro atoms. The zero-order valence-corrected chi connectivity index (χ0v) is 11.9. The zero-order valence-electron chi connectivity index (χ0n) is 10.4. The first-order valence-electron chi connectivity index (χ1n) is 6.08. The molecule has 4 heteroatoms. The van der Waals surface area contributed by atoms with E-state index in [4.69, 9.17) is 33.7 Å². The molecule has 0 atom stereocenters. The van der Waals surface area contributed by atoms with E-state index >= 15 is 0 Å². The molecule has 0 aliphatic rings. The van der Waals surface area contributed by atoms with Gasteiger partial charge in [-0.1, -0.05) is 53.5 Å². The fraction of sp³-hybridized carbons (Fsp3) is 0.200. The minimum Gasteiger partial charge on any atom is -0.491 e. The monoisotopic (exact) mass is 295 g/mol. The molecule has 0 radical (unpaired) electrons. The Morgan fingerprint density at radius 2 is 1.68 bits per heavy atom. The highest BCUT2D eigenvalue weighted by molar-refractivity contribution is 6.42. The Hall–Kier alpha value is -1.38. The number of aryl methyl sites for hydroxylation is 1. The minimum atomic E-state index is 0.441. The summed E-state index contributed by atoms with van der Waals surface area (Å²) in [6, 6.07) is 13.6. The number of ether oxygens (including phenoxy) is 1. The maximum atomic E-state index is 5.93. The molecule has 2 rings (SSSR count). The van der Waals surface area contributed by atoms with Crippen LogP contribution in [0.4, 0.5) is 5.69 Å². The lowest BCUT2D eigenvalue weighted by Crippen LogP contribution is -2.02. The van der Waals surface area contributed by atoms with E-state index in [0.717, 1.165) is 12.8 Å². The molecule has 0 aliphatic heterocycles. The van der Waals surface area contributed by atoms with Crippen LogP contribution in [-0.4, -0.2) is 6.61 Å². The summed E-state index contributed by atoms with van der Waals surface area (Å²) in [4.78, 5) is 0. The first kappa shape index (κ1) is 14.0.